The first kappa shape index (κ1) is 25.1. The van der Waals surface area contributed by atoms with E-state index in [1.54, 1.807) is 42.5 Å². The third kappa shape index (κ3) is 6.33. The van der Waals surface area contributed by atoms with Crippen molar-refractivity contribution in [2.24, 2.45) is 0 Å². The van der Waals surface area contributed by atoms with Gasteiger partial charge in [-0.1, -0.05) is 54.6 Å². The molecule has 2 atom stereocenters. The van der Waals surface area contributed by atoms with Crippen LogP contribution in [0.3, 0.4) is 0 Å². The summed E-state index contributed by atoms with van der Waals surface area (Å²) in [6.07, 6.45) is -0.835. The van der Waals surface area contributed by atoms with E-state index in [-0.39, 0.29) is 11.3 Å². The molecule has 0 aliphatic carbocycles. The van der Waals surface area contributed by atoms with Crippen molar-refractivity contribution in [3.05, 3.63) is 112 Å². The van der Waals surface area contributed by atoms with Crippen LogP contribution in [0.1, 0.15) is 11.7 Å². The molecular weight excluding hydrogens is 573 g/mol. The van der Waals surface area contributed by atoms with Gasteiger partial charge < -0.3 is 19.7 Å². The zero-order valence-electron chi connectivity index (χ0n) is 18.9. The smallest absolute Gasteiger partial charge is 0.412 e. The monoisotopic (exact) mass is 595 g/mol. The molecular formula is C28H22INO6. The molecule has 0 unspecified atom stereocenters. The summed E-state index contributed by atoms with van der Waals surface area (Å²) < 4.78 is 12.6. The highest BCUT2D eigenvalue weighted by molar-refractivity contribution is 14.1. The third-order valence-electron chi connectivity index (χ3n) is 5.30. The van der Waals surface area contributed by atoms with Crippen molar-refractivity contribution in [3.63, 3.8) is 0 Å². The van der Waals surface area contributed by atoms with Gasteiger partial charge in [0.2, 0.25) is 0 Å². The topological polar surface area (TPSA) is 105 Å². The average molecular weight is 595 g/mol. The molecule has 7 nitrogen and oxygen atoms in total. The lowest BCUT2D eigenvalue weighted by molar-refractivity contribution is -0.131. The SMILES string of the molecule is O=C(O)/C=C/[C@@H](Oc1ccccc1)[C@H](OC(=O)Nc1cccc2ccccc12)c1cc(I)ccc1O. The van der Waals surface area contributed by atoms with Crippen LogP contribution < -0.4 is 10.1 Å². The summed E-state index contributed by atoms with van der Waals surface area (Å²) in [5, 5.41) is 24.4. The number of aliphatic carboxylic acids is 1. The minimum absolute atomic E-state index is 0.122. The Morgan fingerprint density at radius 3 is 2.42 bits per heavy atom. The lowest BCUT2D eigenvalue weighted by Gasteiger charge is -2.27. The summed E-state index contributed by atoms with van der Waals surface area (Å²) in [5.41, 5.74) is 0.816. The van der Waals surface area contributed by atoms with Crippen molar-refractivity contribution in [3.8, 4) is 11.5 Å². The highest BCUT2D eigenvalue weighted by Crippen LogP contribution is 2.34. The van der Waals surface area contributed by atoms with Gasteiger partial charge in [-0.3, -0.25) is 5.32 Å². The molecule has 0 aliphatic heterocycles. The second-order valence-corrected chi connectivity index (χ2v) is 9.02. The molecule has 1 amide bonds. The quantitative estimate of drug-likeness (QED) is 0.158. The van der Waals surface area contributed by atoms with Gasteiger partial charge in [0.05, 0.1) is 5.69 Å². The molecule has 0 spiro atoms. The van der Waals surface area contributed by atoms with Crippen LogP contribution >= 0.6 is 22.6 Å². The Bertz CT molecular complexity index is 1400. The molecule has 182 valence electrons. The third-order valence-corrected chi connectivity index (χ3v) is 5.97. The molecule has 3 N–H and O–H groups in total. The Hall–Kier alpha value is -4.05. The Labute approximate surface area is 221 Å². The second-order valence-electron chi connectivity index (χ2n) is 7.77. The fourth-order valence-corrected chi connectivity index (χ4v) is 4.20. The highest BCUT2D eigenvalue weighted by atomic mass is 127. The maximum atomic E-state index is 13.1. The van der Waals surface area contributed by atoms with E-state index >= 15 is 0 Å². The van der Waals surface area contributed by atoms with E-state index in [1.807, 2.05) is 42.5 Å². The van der Waals surface area contributed by atoms with Gasteiger partial charge in [-0.05, 0) is 70.5 Å². The number of carboxylic acids is 1. The van der Waals surface area contributed by atoms with Gasteiger partial charge in [0, 0.05) is 20.6 Å². The summed E-state index contributed by atoms with van der Waals surface area (Å²) in [7, 11) is 0. The molecule has 36 heavy (non-hydrogen) atoms. The van der Waals surface area contributed by atoms with Crippen molar-refractivity contribution in [1.82, 2.24) is 0 Å². The second kappa shape index (κ2) is 11.6. The Morgan fingerprint density at radius 2 is 1.64 bits per heavy atom. The van der Waals surface area contributed by atoms with Crippen LogP contribution in [0.25, 0.3) is 10.8 Å². The zero-order valence-corrected chi connectivity index (χ0v) is 21.0. The number of anilines is 1. The Morgan fingerprint density at radius 1 is 0.917 bits per heavy atom. The standard InChI is InChI=1S/C28H22INO6/c29-19-13-14-24(31)22(17-19)27(25(15-16-26(32)33)35-20-9-2-1-3-10-20)36-28(34)30-23-12-6-8-18-7-4-5-11-21(18)23/h1-17,25,27,31H,(H,30,34)(H,32,33)/b16-15+/t25-,27-/m1/s1. The summed E-state index contributed by atoms with van der Waals surface area (Å²) in [4.78, 5) is 24.4. The molecule has 0 radical (unpaired) electrons. The van der Waals surface area contributed by atoms with E-state index in [9.17, 15) is 19.8 Å². The van der Waals surface area contributed by atoms with Gasteiger partial charge >= 0.3 is 12.1 Å². The van der Waals surface area contributed by atoms with E-state index in [1.165, 1.54) is 12.1 Å². The van der Waals surface area contributed by atoms with Crippen LogP contribution in [0.15, 0.2) is 103 Å². The number of phenolic OH excluding ortho intramolecular Hbond substituents is 1. The largest absolute Gasteiger partial charge is 0.508 e. The first-order valence-electron chi connectivity index (χ1n) is 11.0. The summed E-state index contributed by atoms with van der Waals surface area (Å²) in [6, 6.07) is 26.7. The molecule has 0 fully saturated rings. The predicted molar refractivity (Wildman–Crippen MR) is 145 cm³/mol. The number of benzene rings is 4. The molecule has 0 saturated heterocycles. The van der Waals surface area contributed by atoms with Crippen molar-refractivity contribution >= 4 is 51.1 Å². The number of hydrogen-bond donors (Lipinski definition) is 3. The number of nitrogens with one attached hydrogen (secondary N) is 1. The fourth-order valence-electron chi connectivity index (χ4n) is 3.69. The zero-order chi connectivity index (χ0) is 25.5. The Balaban J connectivity index is 1.70. The number of hydrogen-bond acceptors (Lipinski definition) is 5. The van der Waals surface area contributed by atoms with Crippen LogP contribution in [0.5, 0.6) is 11.5 Å². The molecule has 4 aromatic carbocycles. The lowest BCUT2D eigenvalue weighted by atomic mass is 10.0. The number of carbonyl (C=O) groups excluding carboxylic acids is 1. The van der Waals surface area contributed by atoms with Crippen LogP contribution in [0.2, 0.25) is 0 Å². The van der Waals surface area contributed by atoms with Gasteiger partial charge in [-0.25, -0.2) is 9.59 Å². The first-order chi connectivity index (χ1) is 17.4. The highest BCUT2D eigenvalue weighted by Gasteiger charge is 2.30. The number of fused-ring (bicyclic) bond motifs is 1. The molecule has 0 bridgehead atoms. The molecule has 8 heteroatoms. The van der Waals surface area contributed by atoms with Gasteiger partial charge in [-0.2, -0.15) is 0 Å². The maximum absolute atomic E-state index is 13.1. The fraction of sp³-hybridized carbons (Fsp3) is 0.0714. The van der Waals surface area contributed by atoms with Gasteiger partial charge in [0.25, 0.3) is 0 Å². The molecule has 0 aliphatic rings. The molecule has 4 rings (SSSR count). The lowest BCUT2D eigenvalue weighted by Crippen LogP contribution is -2.30. The number of rotatable bonds is 8. The van der Waals surface area contributed by atoms with Crippen molar-refractivity contribution in [2.45, 2.75) is 12.2 Å². The first-order valence-corrected chi connectivity index (χ1v) is 12.1. The van der Waals surface area contributed by atoms with Gasteiger partial charge in [0.15, 0.2) is 12.2 Å². The van der Waals surface area contributed by atoms with Crippen molar-refractivity contribution in [2.75, 3.05) is 5.32 Å². The summed E-state index contributed by atoms with van der Waals surface area (Å²) >= 11 is 2.08. The maximum Gasteiger partial charge on any atom is 0.412 e. The summed E-state index contributed by atoms with van der Waals surface area (Å²) in [5.74, 6) is -0.878. The van der Waals surface area contributed by atoms with Gasteiger partial charge in [0.1, 0.15) is 11.5 Å². The number of para-hydroxylation sites is 1. The number of aromatic hydroxyl groups is 1. The number of carbonyl (C=O) groups is 2. The molecule has 4 aromatic rings. The number of halogens is 1. The van der Waals surface area contributed by atoms with E-state index in [4.69, 9.17) is 9.47 Å². The Kier molecular flexibility index (Phi) is 8.06. The molecule has 0 heterocycles. The van der Waals surface area contributed by atoms with Crippen LogP contribution in [0, 0.1) is 3.57 Å². The normalized spacial score (nSPS) is 12.7. The molecule has 0 saturated carbocycles. The number of amides is 1. The average Bonchev–Trinajstić information content (AvgIpc) is 2.87. The van der Waals surface area contributed by atoms with E-state index in [2.05, 4.69) is 27.9 Å². The van der Waals surface area contributed by atoms with Crippen molar-refractivity contribution in [1.29, 1.82) is 0 Å². The van der Waals surface area contributed by atoms with Gasteiger partial charge in [-0.15, -0.1) is 0 Å². The number of ether oxygens (including phenoxy) is 2. The number of phenols is 1. The number of carboxylic acid groups (broad SMARTS) is 1. The van der Waals surface area contributed by atoms with Crippen LogP contribution in [0.4, 0.5) is 10.5 Å². The summed E-state index contributed by atoms with van der Waals surface area (Å²) in [6.45, 7) is 0. The van der Waals surface area contributed by atoms with Crippen LogP contribution in [-0.4, -0.2) is 28.4 Å². The minimum atomic E-state index is -1.19. The van der Waals surface area contributed by atoms with E-state index in [0.29, 0.717) is 11.4 Å². The minimum Gasteiger partial charge on any atom is -0.508 e. The van der Waals surface area contributed by atoms with Crippen molar-refractivity contribution < 1.29 is 29.3 Å². The van der Waals surface area contributed by atoms with E-state index < -0.39 is 24.3 Å². The van der Waals surface area contributed by atoms with Crippen LogP contribution in [-0.2, 0) is 9.53 Å². The molecule has 0 aromatic heterocycles. The predicted octanol–water partition coefficient (Wildman–Crippen LogP) is 6.53. The van der Waals surface area contributed by atoms with E-state index in [0.717, 1.165) is 20.4 Å².